The van der Waals surface area contributed by atoms with Gasteiger partial charge >= 0.3 is 0 Å². The molecule has 1 aromatic carbocycles. The van der Waals surface area contributed by atoms with Gasteiger partial charge in [0.2, 0.25) is 0 Å². The largest absolute Gasteiger partial charge is 0.490 e. The second kappa shape index (κ2) is 6.09. The van der Waals surface area contributed by atoms with Gasteiger partial charge in [0.1, 0.15) is 0 Å². The molecule has 0 aliphatic carbocycles. The highest BCUT2D eigenvalue weighted by Gasteiger charge is 2.06. The molecule has 3 nitrogen and oxygen atoms in total. The van der Waals surface area contributed by atoms with Crippen LogP contribution in [0.15, 0.2) is 18.2 Å². The Labute approximate surface area is 94.8 Å². The summed E-state index contributed by atoms with van der Waals surface area (Å²) in [6, 6.07) is 6.54. The first kappa shape index (κ1) is 12.5. The molecule has 1 N–H and O–H groups in total. The number of nitrogens with one attached hydrogen (secondary N) is 1. The number of hydrogen-bond acceptors (Lipinski definition) is 3. The van der Waals surface area contributed by atoms with E-state index in [0.717, 1.165) is 5.56 Å². The Morgan fingerprint density at radius 1 is 1.56 bits per heavy atom. The average molecular weight is 222 g/mol. The Balaban J connectivity index is 2.49. The summed E-state index contributed by atoms with van der Waals surface area (Å²) in [6.07, 6.45) is 0.528. The lowest BCUT2D eigenvalue weighted by molar-refractivity contribution is 0.286. The molecule has 0 aliphatic heterocycles. The molecular weight excluding hydrogens is 207 g/mol. The number of hydrogen-bond donors (Lipinski definition) is 1. The SMILES string of the molecule is CNC(C#N)CCOc1cc(C)ccc1F. The Hall–Kier alpha value is -1.60. The van der Waals surface area contributed by atoms with Crippen LogP contribution in [0.25, 0.3) is 0 Å². The maximum absolute atomic E-state index is 13.3. The topological polar surface area (TPSA) is 45.0 Å². The minimum atomic E-state index is -0.372. The van der Waals surface area contributed by atoms with Gasteiger partial charge in [0.25, 0.3) is 0 Å². The zero-order chi connectivity index (χ0) is 12.0. The minimum absolute atomic E-state index is 0.243. The fourth-order valence-corrected chi connectivity index (χ4v) is 1.28. The van der Waals surface area contributed by atoms with Crippen molar-refractivity contribution in [3.05, 3.63) is 29.6 Å². The lowest BCUT2D eigenvalue weighted by atomic mass is 10.2. The van der Waals surface area contributed by atoms with Gasteiger partial charge in [-0.25, -0.2) is 4.39 Å². The standard InChI is InChI=1S/C12H15FN2O/c1-9-3-4-11(13)12(7-9)16-6-5-10(8-14)15-2/h3-4,7,10,15H,5-6H2,1-2H3. The van der Waals surface area contributed by atoms with Crippen molar-refractivity contribution < 1.29 is 9.13 Å². The van der Waals surface area contributed by atoms with Crippen molar-refractivity contribution in [2.45, 2.75) is 19.4 Å². The predicted octanol–water partition coefficient (Wildman–Crippen LogP) is 2.01. The van der Waals surface area contributed by atoms with E-state index in [9.17, 15) is 4.39 Å². The highest BCUT2D eigenvalue weighted by molar-refractivity contribution is 5.29. The van der Waals surface area contributed by atoms with Crippen molar-refractivity contribution in [1.82, 2.24) is 5.32 Å². The van der Waals surface area contributed by atoms with Crippen LogP contribution in [0.2, 0.25) is 0 Å². The molecule has 0 amide bonds. The van der Waals surface area contributed by atoms with E-state index in [1.54, 1.807) is 19.2 Å². The summed E-state index contributed by atoms with van der Waals surface area (Å²) in [5.74, 6) is -0.128. The van der Waals surface area contributed by atoms with E-state index in [2.05, 4.69) is 11.4 Å². The molecule has 0 aliphatic rings. The van der Waals surface area contributed by atoms with Gasteiger partial charge in [0.15, 0.2) is 11.6 Å². The molecule has 0 spiro atoms. The highest BCUT2D eigenvalue weighted by Crippen LogP contribution is 2.18. The van der Waals surface area contributed by atoms with Crippen molar-refractivity contribution in [1.29, 1.82) is 5.26 Å². The van der Waals surface area contributed by atoms with Crippen molar-refractivity contribution in [3.63, 3.8) is 0 Å². The second-order valence-electron chi connectivity index (χ2n) is 3.54. The third-order valence-electron chi connectivity index (χ3n) is 2.26. The Morgan fingerprint density at radius 2 is 2.31 bits per heavy atom. The van der Waals surface area contributed by atoms with Crippen LogP contribution in [0.5, 0.6) is 5.75 Å². The minimum Gasteiger partial charge on any atom is -0.490 e. The molecule has 16 heavy (non-hydrogen) atoms. The number of ether oxygens (including phenoxy) is 1. The molecule has 1 atom stereocenters. The monoisotopic (exact) mass is 222 g/mol. The molecule has 86 valence electrons. The van der Waals surface area contributed by atoms with Crippen LogP contribution in [-0.2, 0) is 0 Å². The molecule has 0 aromatic heterocycles. The third-order valence-corrected chi connectivity index (χ3v) is 2.26. The molecule has 1 rings (SSSR count). The van der Waals surface area contributed by atoms with E-state index >= 15 is 0 Å². The van der Waals surface area contributed by atoms with Crippen LogP contribution in [0.1, 0.15) is 12.0 Å². The molecule has 1 aromatic rings. The van der Waals surface area contributed by atoms with Crippen LogP contribution < -0.4 is 10.1 Å². The van der Waals surface area contributed by atoms with Crippen LogP contribution in [0.4, 0.5) is 4.39 Å². The van der Waals surface area contributed by atoms with Gasteiger partial charge < -0.3 is 10.1 Å². The van der Waals surface area contributed by atoms with Gasteiger partial charge in [-0.05, 0) is 31.7 Å². The Morgan fingerprint density at radius 3 is 2.94 bits per heavy atom. The molecule has 1 unspecified atom stereocenters. The maximum Gasteiger partial charge on any atom is 0.165 e. The lowest BCUT2D eigenvalue weighted by Crippen LogP contribution is -2.25. The van der Waals surface area contributed by atoms with E-state index in [4.69, 9.17) is 10.00 Å². The van der Waals surface area contributed by atoms with Crippen LogP contribution in [0.3, 0.4) is 0 Å². The lowest BCUT2D eigenvalue weighted by Gasteiger charge is -2.10. The summed E-state index contributed by atoms with van der Waals surface area (Å²) in [6.45, 7) is 2.19. The van der Waals surface area contributed by atoms with E-state index in [0.29, 0.717) is 13.0 Å². The van der Waals surface area contributed by atoms with Gasteiger partial charge in [-0.3, -0.25) is 0 Å². The summed E-state index contributed by atoms with van der Waals surface area (Å²) >= 11 is 0. The molecule has 0 saturated heterocycles. The van der Waals surface area contributed by atoms with Crippen molar-refractivity contribution in [3.8, 4) is 11.8 Å². The summed E-state index contributed by atoms with van der Waals surface area (Å²) in [5, 5.41) is 11.5. The van der Waals surface area contributed by atoms with Crippen molar-refractivity contribution in [2.24, 2.45) is 0 Å². The Bertz CT molecular complexity index is 387. The quantitative estimate of drug-likeness (QED) is 0.829. The summed E-state index contributed by atoms with van der Waals surface area (Å²) in [7, 11) is 1.71. The first-order chi connectivity index (χ1) is 7.67. The maximum atomic E-state index is 13.3. The number of rotatable bonds is 5. The second-order valence-corrected chi connectivity index (χ2v) is 3.54. The van der Waals surface area contributed by atoms with Crippen molar-refractivity contribution >= 4 is 0 Å². The summed E-state index contributed by atoms with van der Waals surface area (Å²) in [4.78, 5) is 0. The molecule has 0 bridgehead atoms. The van der Waals surface area contributed by atoms with E-state index in [1.807, 2.05) is 6.92 Å². The van der Waals surface area contributed by atoms with Gasteiger partial charge in [-0.15, -0.1) is 0 Å². The molecule has 0 heterocycles. The number of halogens is 1. The van der Waals surface area contributed by atoms with Crippen LogP contribution >= 0.6 is 0 Å². The van der Waals surface area contributed by atoms with Gasteiger partial charge in [0.05, 0.1) is 18.7 Å². The first-order valence-corrected chi connectivity index (χ1v) is 5.13. The summed E-state index contributed by atoms with van der Waals surface area (Å²) < 4.78 is 18.5. The highest BCUT2D eigenvalue weighted by atomic mass is 19.1. The normalized spacial score (nSPS) is 11.9. The number of benzene rings is 1. The van der Waals surface area contributed by atoms with Crippen molar-refractivity contribution in [2.75, 3.05) is 13.7 Å². The van der Waals surface area contributed by atoms with E-state index < -0.39 is 0 Å². The zero-order valence-electron chi connectivity index (χ0n) is 9.46. The van der Waals surface area contributed by atoms with Crippen LogP contribution in [-0.4, -0.2) is 19.7 Å². The molecule has 0 fully saturated rings. The van der Waals surface area contributed by atoms with Gasteiger partial charge in [0, 0.05) is 6.42 Å². The van der Waals surface area contributed by atoms with Gasteiger partial charge in [-0.1, -0.05) is 6.07 Å². The Kier molecular flexibility index (Phi) is 4.74. The number of nitrogens with zero attached hydrogens (tertiary/aromatic N) is 1. The number of aryl methyl sites for hydroxylation is 1. The van der Waals surface area contributed by atoms with Crippen LogP contribution in [0, 0.1) is 24.1 Å². The molecule has 0 saturated carbocycles. The van der Waals surface area contributed by atoms with Gasteiger partial charge in [-0.2, -0.15) is 5.26 Å². The molecular formula is C12H15FN2O. The van der Waals surface area contributed by atoms with E-state index in [-0.39, 0.29) is 17.6 Å². The fourth-order valence-electron chi connectivity index (χ4n) is 1.28. The molecule has 4 heteroatoms. The predicted molar refractivity (Wildman–Crippen MR) is 59.7 cm³/mol. The number of nitriles is 1. The molecule has 0 radical (unpaired) electrons. The van der Waals surface area contributed by atoms with E-state index in [1.165, 1.54) is 6.07 Å². The fraction of sp³-hybridized carbons (Fsp3) is 0.417. The third kappa shape index (κ3) is 3.52. The summed E-state index contributed by atoms with van der Waals surface area (Å²) in [5.41, 5.74) is 0.946. The first-order valence-electron chi connectivity index (χ1n) is 5.13. The average Bonchev–Trinajstić information content (AvgIpc) is 2.29. The smallest absolute Gasteiger partial charge is 0.165 e. The zero-order valence-corrected chi connectivity index (χ0v) is 9.46.